The zero-order chi connectivity index (χ0) is 16.8. The van der Waals surface area contributed by atoms with Gasteiger partial charge < -0.3 is 15.0 Å². The third-order valence-corrected chi connectivity index (χ3v) is 4.62. The van der Waals surface area contributed by atoms with Crippen LogP contribution in [0.1, 0.15) is 38.7 Å². The van der Waals surface area contributed by atoms with Crippen LogP contribution < -0.4 is 10.1 Å². The molecule has 2 rings (SSSR count). The highest BCUT2D eigenvalue weighted by Gasteiger charge is 2.24. The van der Waals surface area contributed by atoms with Gasteiger partial charge in [-0.15, -0.1) is 24.0 Å². The summed E-state index contributed by atoms with van der Waals surface area (Å²) in [6.45, 7) is 9.91. The van der Waals surface area contributed by atoms with E-state index < -0.39 is 0 Å². The van der Waals surface area contributed by atoms with Crippen molar-refractivity contribution in [2.75, 3.05) is 33.8 Å². The van der Waals surface area contributed by atoms with Gasteiger partial charge in [0.1, 0.15) is 5.75 Å². The second kappa shape index (κ2) is 10.1. The first-order valence-electron chi connectivity index (χ1n) is 8.63. The summed E-state index contributed by atoms with van der Waals surface area (Å²) in [6.07, 6.45) is 1.31. The van der Waals surface area contributed by atoms with Crippen LogP contribution in [0.5, 0.6) is 5.75 Å². The highest BCUT2D eigenvalue weighted by Crippen LogP contribution is 2.26. The van der Waals surface area contributed by atoms with E-state index in [-0.39, 0.29) is 24.0 Å². The number of para-hydroxylation sites is 1. The molecule has 0 aliphatic carbocycles. The number of rotatable bonds is 4. The number of halogens is 1. The van der Waals surface area contributed by atoms with Crippen LogP contribution in [0, 0.1) is 11.8 Å². The highest BCUT2D eigenvalue weighted by atomic mass is 127. The molecule has 3 unspecified atom stereocenters. The Bertz CT molecular complexity index is 525. The van der Waals surface area contributed by atoms with E-state index >= 15 is 0 Å². The van der Waals surface area contributed by atoms with Gasteiger partial charge in [-0.1, -0.05) is 39.0 Å². The van der Waals surface area contributed by atoms with Gasteiger partial charge in [0, 0.05) is 32.6 Å². The van der Waals surface area contributed by atoms with Crippen LogP contribution in [-0.2, 0) is 0 Å². The summed E-state index contributed by atoms with van der Waals surface area (Å²) < 4.78 is 5.48. The standard InChI is InChI=1S/C19H31N3O.HI/c1-14-10-15(2)13-22(12-14)19(20-4)21-11-16(3)17-8-6-7-9-18(17)23-5;/h6-9,14-16H,10-13H2,1-5H3,(H,20,21);1H. The summed E-state index contributed by atoms with van der Waals surface area (Å²) >= 11 is 0. The molecule has 4 nitrogen and oxygen atoms in total. The molecule has 5 heteroatoms. The number of piperidine rings is 1. The number of benzene rings is 1. The fourth-order valence-corrected chi connectivity index (χ4v) is 3.60. The molecule has 0 aromatic heterocycles. The SMILES string of the molecule is CN=C(NCC(C)c1ccccc1OC)N1CC(C)CC(C)C1.I. The maximum Gasteiger partial charge on any atom is 0.193 e. The van der Waals surface area contributed by atoms with Crippen molar-refractivity contribution in [1.82, 2.24) is 10.2 Å². The third kappa shape index (κ3) is 5.53. The van der Waals surface area contributed by atoms with Crippen molar-refractivity contribution in [1.29, 1.82) is 0 Å². The Labute approximate surface area is 164 Å². The summed E-state index contributed by atoms with van der Waals surface area (Å²) in [5, 5.41) is 3.55. The van der Waals surface area contributed by atoms with Gasteiger partial charge in [-0.25, -0.2) is 0 Å². The predicted octanol–water partition coefficient (Wildman–Crippen LogP) is 3.97. The van der Waals surface area contributed by atoms with E-state index in [9.17, 15) is 0 Å². The fraction of sp³-hybridized carbons (Fsp3) is 0.632. The van der Waals surface area contributed by atoms with Crippen molar-refractivity contribution in [3.05, 3.63) is 29.8 Å². The van der Waals surface area contributed by atoms with E-state index in [0.29, 0.717) is 5.92 Å². The molecule has 0 amide bonds. The summed E-state index contributed by atoms with van der Waals surface area (Å²) in [5.74, 6) is 3.79. The minimum atomic E-state index is 0. The Balaban J connectivity index is 0.00000288. The molecule has 0 bridgehead atoms. The molecule has 1 saturated heterocycles. The van der Waals surface area contributed by atoms with Crippen molar-refractivity contribution >= 4 is 29.9 Å². The maximum absolute atomic E-state index is 5.48. The second-order valence-electron chi connectivity index (χ2n) is 6.92. The zero-order valence-corrected chi connectivity index (χ0v) is 17.9. The summed E-state index contributed by atoms with van der Waals surface area (Å²) in [4.78, 5) is 6.89. The van der Waals surface area contributed by atoms with Gasteiger partial charge in [-0.3, -0.25) is 4.99 Å². The molecule has 1 aromatic rings. The molecule has 136 valence electrons. The van der Waals surface area contributed by atoms with Crippen LogP contribution >= 0.6 is 24.0 Å². The van der Waals surface area contributed by atoms with E-state index in [1.165, 1.54) is 12.0 Å². The molecule has 0 spiro atoms. The number of hydrogen-bond acceptors (Lipinski definition) is 2. The van der Waals surface area contributed by atoms with Gasteiger partial charge in [0.05, 0.1) is 7.11 Å². The molecular weight excluding hydrogens is 413 g/mol. The fourth-order valence-electron chi connectivity index (χ4n) is 3.60. The molecule has 24 heavy (non-hydrogen) atoms. The average Bonchev–Trinajstić information content (AvgIpc) is 2.54. The molecule has 1 aliphatic rings. The van der Waals surface area contributed by atoms with Crippen LogP contribution in [0.25, 0.3) is 0 Å². The van der Waals surface area contributed by atoms with Crippen LogP contribution in [0.15, 0.2) is 29.3 Å². The number of nitrogens with zero attached hydrogens (tertiary/aromatic N) is 2. The minimum Gasteiger partial charge on any atom is -0.496 e. The van der Waals surface area contributed by atoms with E-state index in [1.807, 2.05) is 19.2 Å². The molecule has 1 heterocycles. The summed E-state index contributed by atoms with van der Waals surface area (Å²) in [7, 11) is 3.61. The van der Waals surface area contributed by atoms with E-state index in [0.717, 1.165) is 43.2 Å². The zero-order valence-electron chi connectivity index (χ0n) is 15.6. The van der Waals surface area contributed by atoms with Crippen molar-refractivity contribution in [3.8, 4) is 5.75 Å². The van der Waals surface area contributed by atoms with Crippen molar-refractivity contribution in [2.45, 2.75) is 33.1 Å². The molecule has 1 fully saturated rings. The normalized spacial score (nSPS) is 22.5. The van der Waals surface area contributed by atoms with Crippen LogP contribution in [0.3, 0.4) is 0 Å². The van der Waals surface area contributed by atoms with Crippen LogP contribution in [0.2, 0.25) is 0 Å². The van der Waals surface area contributed by atoms with Crippen molar-refractivity contribution in [2.24, 2.45) is 16.8 Å². The first-order chi connectivity index (χ1) is 11.0. The van der Waals surface area contributed by atoms with E-state index in [1.54, 1.807) is 7.11 Å². The Morgan fingerprint density at radius 1 is 1.29 bits per heavy atom. The number of aliphatic imine (C=N–C) groups is 1. The third-order valence-electron chi connectivity index (χ3n) is 4.62. The smallest absolute Gasteiger partial charge is 0.193 e. The van der Waals surface area contributed by atoms with Gasteiger partial charge in [0.2, 0.25) is 0 Å². The molecule has 3 atom stereocenters. The van der Waals surface area contributed by atoms with Crippen molar-refractivity contribution < 1.29 is 4.74 Å². The molecule has 0 saturated carbocycles. The number of likely N-dealkylation sites (tertiary alicyclic amines) is 1. The second-order valence-corrected chi connectivity index (χ2v) is 6.92. The minimum absolute atomic E-state index is 0. The first-order valence-corrected chi connectivity index (χ1v) is 8.63. The summed E-state index contributed by atoms with van der Waals surface area (Å²) in [5.41, 5.74) is 1.23. The predicted molar refractivity (Wildman–Crippen MR) is 113 cm³/mol. The number of guanidine groups is 1. The Kier molecular flexibility index (Phi) is 8.87. The highest BCUT2D eigenvalue weighted by molar-refractivity contribution is 14.0. The van der Waals surface area contributed by atoms with Gasteiger partial charge in [0.25, 0.3) is 0 Å². The first kappa shape index (κ1) is 21.1. The average molecular weight is 445 g/mol. The molecule has 1 aromatic carbocycles. The van der Waals surface area contributed by atoms with Gasteiger partial charge in [-0.05, 0) is 29.9 Å². The lowest BCUT2D eigenvalue weighted by atomic mass is 9.92. The van der Waals surface area contributed by atoms with Crippen LogP contribution in [-0.4, -0.2) is 44.7 Å². The Hall–Kier alpha value is -0.980. The quantitative estimate of drug-likeness (QED) is 0.433. The molecular formula is C19H32IN3O. The molecule has 1 N–H and O–H groups in total. The van der Waals surface area contributed by atoms with E-state index in [2.05, 4.69) is 48.1 Å². The number of hydrogen-bond donors (Lipinski definition) is 1. The maximum atomic E-state index is 5.48. The monoisotopic (exact) mass is 445 g/mol. The lowest BCUT2D eigenvalue weighted by molar-refractivity contribution is 0.208. The Morgan fingerprint density at radius 3 is 2.50 bits per heavy atom. The largest absolute Gasteiger partial charge is 0.496 e. The number of methoxy groups -OCH3 is 1. The molecule has 1 aliphatic heterocycles. The van der Waals surface area contributed by atoms with Gasteiger partial charge in [0.15, 0.2) is 5.96 Å². The lowest BCUT2D eigenvalue weighted by Gasteiger charge is -2.37. The molecule has 0 radical (unpaired) electrons. The Morgan fingerprint density at radius 2 is 1.92 bits per heavy atom. The number of nitrogens with one attached hydrogen (secondary N) is 1. The summed E-state index contributed by atoms with van der Waals surface area (Å²) in [6, 6.07) is 8.24. The van der Waals surface area contributed by atoms with Gasteiger partial charge in [-0.2, -0.15) is 0 Å². The topological polar surface area (TPSA) is 36.9 Å². The van der Waals surface area contributed by atoms with Crippen molar-refractivity contribution in [3.63, 3.8) is 0 Å². The van der Waals surface area contributed by atoms with Gasteiger partial charge >= 0.3 is 0 Å². The van der Waals surface area contributed by atoms with E-state index in [4.69, 9.17) is 4.74 Å². The van der Waals surface area contributed by atoms with Crippen LogP contribution in [0.4, 0.5) is 0 Å². The lowest BCUT2D eigenvalue weighted by Crippen LogP contribution is -2.49. The number of ether oxygens (including phenoxy) is 1.